The van der Waals surface area contributed by atoms with Gasteiger partial charge in [-0.3, -0.25) is 0 Å². The Labute approximate surface area is 235 Å². The Morgan fingerprint density at radius 3 is 1.21 bits per heavy atom. The van der Waals surface area contributed by atoms with Crippen molar-refractivity contribution in [2.24, 2.45) is 23.7 Å². The van der Waals surface area contributed by atoms with Crippen LogP contribution in [-0.2, 0) is 32.5 Å². The van der Waals surface area contributed by atoms with Crippen LogP contribution in [0.4, 0.5) is 26.3 Å². The Kier molecular flexibility index (Phi) is 14.2. The van der Waals surface area contributed by atoms with E-state index in [1.807, 2.05) is 0 Å². The van der Waals surface area contributed by atoms with Crippen molar-refractivity contribution in [3.05, 3.63) is 87.3 Å². The fourth-order valence-electron chi connectivity index (χ4n) is 4.90. The molecule has 0 aromatic heterocycles. The normalized spacial score (nSPS) is 23.4. The summed E-state index contributed by atoms with van der Waals surface area (Å²) in [6, 6.07) is 7.47. The Balaban J connectivity index is 0.000000965. The molecule has 0 saturated heterocycles. The van der Waals surface area contributed by atoms with Gasteiger partial charge >= 0.3 is 32.5 Å². The van der Waals surface area contributed by atoms with Gasteiger partial charge in [0.25, 0.3) is 0 Å². The largest absolute Gasteiger partial charge is 3.00 e. The van der Waals surface area contributed by atoms with E-state index in [0.29, 0.717) is 0 Å². The average molecular weight is 724 g/mol. The Hall–Kier alpha value is -1.45. The van der Waals surface area contributed by atoms with Crippen molar-refractivity contribution >= 4 is 0 Å². The van der Waals surface area contributed by atoms with E-state index in [4.69, 9.17) is 0 Å². The number of halogens is 6. The molecule has 3 nitrogen and oxygen atoms in total. The number of hydrogen-bond acceptors (Lipinski definition) is 0. The standard InChI is InChI=1S/C18H16F6N2.C10H19.Ir.H2O/c1-25-15(11-5-3-7-13(9-11)17(19,20)21)16(26-2)12-6-4-8-14(10-12)18(22,23)24;1-6-7(2)9(4)10(5)8(6)3;;/h3-10,15-16H,1-2H3;6-9H,1-5H3;;1H2/q-2;-1;+3;/t15-,16-;;;/m1.../s1. The molecule has 6 atom stereocenters. The van der Waals surface area contributed by atoms with E-state index >= 15 is 0 Å². The fraction of sp³-hybridized carbons (Fsp3) is 0.536. The molecule has 216 valence electrons. The molecule has 1 fully saturated rings. The van der Waals surface area contributed by atoms with Gasteiger partial charge in [-0.1, -0.05) is 87.1 Å². The summed E-state index contributed by atoms with van der Waals surface area (Å²) in [5, 5.41) is 8.16. The van der Waals surface area contributed by atoms with Crippen molar-refractivity contribution in [1.82, 2.24) is 0 Å². The molecule has 2 aromatic carbocycles. The monoisotopic (exact) mass is 724 g/mol. The first-order chi connectivity index (χ1) is 16.6. The zero-order chi connectivity index (χ0) is 27.4. The molecule has 0 heterocycles. The number of likely N-dealkylation sites (N-methyl/N-ethyl adjacent to an activating group) is 2. The van der Waals surface area contributed by atoms with Gasteiger partial charge in [-0.15, -0.1) is 12.1 Å². The minimum Gasteiger partial charge on any atom is -0.659 e. The minimum absolute atomic E-state index is 0. The van der Waals surface area contributed by atoms with Crippen molar-refractivity contribution in [3.8, 4) is 0 Å². The molecule has 0 spiro atoms. The quantitative estimate of drug-likeness (QED) is 0.219. The van der Waals surface area contributed by atoms with Crippen LogP contribution in [0.3, 0.4) is 0 Å². The van der Waals surface area contributed by atoms with E-state index in [-0.39, 0.29) is 36.7 Å². The summed E-state index contributed by atoms with van der Waals surface area (Å²) >= 11 is 0. The van der Waals surface area contributed by atoms with Crippen molar-refractivity contribution in [3.63, 3.8) is 0 Å². The second-order valence-corrected chi connectivity index (χ2v) is 9.69. The summed E-state index contributed by atoms with van der Waals surface area (Å²) in [5.74, 6) is 5.21. The molecule has 0 bridgehead atoms. The first-order valence-corrected chi connectivity index (χ1v) is 12.0. The van der Waals surface area contributed by atoms with Crippen LogP contribution in [0.15, 0.2) is 48.5 Å². The topological polar surface area (TPSA) is 59.7 Å². The predicted molar refractivity (Wildman–Crippen MR) is 136 cm³/mol. The third-order valence-corrected chi connectivity index (χ3v) is 7.81. The maximum absolute atomic E-state index is 12.9. The zero-order valence-electron chi connectivity index (χ0n) is 22.6. The van der Waals surface area contributed by atoms with Gasteiger partial charge in [0.2, 0.25) is 0 Å². The molecular weight excluding hydrogens is 687 g/mol. The fourth-order valence-corrected chi connectivity index (χ4v) is 4.90. The van der Waals surface area contributed by atoms with Crippen LogP contribution in [0, 0.1) is 29.6 Å². The molecule has 0 amide bonds. The summed E-state index contributed by atoms with van der Waals surface area (Å²) in [7, 11) is 2.80. The smallest absolute Gasteiger partial charge is 0.659 e. The van der Waals surface area contributed by atoms with E-state index in [1.54, 1.807) is 5.92 Å². The first kappa shape index (κ1) is 36.5. The van der Waals surface area contributed by atoms with Gasteiger partial charge in [0, 0.05) is 0 Å². The van der Waals surface area contributed by atoms with Gasteiger partial charge < -0.3 is 22.0 Å². The molecule has 2 aromatic rings. The van der Waals surface area contributed by atoms with E-state index in [2.05, 4.69) is 45.3 Å². The van der Waals surface area contributed by atoms with Crippen LogP contribution in [-0.4, -0.2) is 19.6 Å². The third kappa shape index (κ3) is 8.78. The summed E-state index contributed by atoms with van der Waals surface area (Å²) in [5.41, 5.74) is -1.23. The number of hydrogen-bond donors (Lipinski definition) is 0. The Morgan fingerprint density at radius 2 is 1.00 bits per heavy atom. The zero-order valence-corrected chi connectivity index (χ0v) is 25.0. The van der Waals surface area contributed by atoms with Crippen LogP contribution in [0.5, 0.6) is 0 Å². The van der Waals surface area contributed by atoms with Crippen LogP contribution >= 0.6 is 0 Å². The molecule has 1 aliphatic carbocycles. The molecule has 3 rings (SSSR count). The molecular formula is C28H37F6IrN2O. The summed E-state index contributed by atoms with van der Waals surface area (Å²) in [6.07, 6.45) is -9.05. The van der Waals surface area contributed by atoms with Gasteiger partial charge in [-0.25, -0.2) is 0 Å². The molecule has 1 saturated carbocycles. The maximum Gasteiger partial charge on any atom is 3.00 e. The van der Waals surface area contributed by atoms with Gasteiger partial charge in [-0.2, -0.15) is 59.2 Å². The van der Waals surface area contributed by atoms with Crippen molar-refractivity contribution in [2.75, 3.05) is 14.1 Å². The van der Waals surface area contributed by atoms with Gasteiger partial charge in [-0.05, 0) is 12.1 Å². The molecule has 0 radical (unpaired) electrons. The third-order valence-electron chi connectivity index (χ3n) is 7.81. The molecule has 0 aliphatic heterocycles. The van der Waals surface area contributed by atoms with Crippen LogP contribution in [0.25, 0.3) is 10.6 Å². The van der Waals surface area contributed by atoms with E-state index < -0.39 is 35.6 Å². The van der Waals surface area contributed by atoms with Crippen LogP contribution in [0.1, 0.15) is 69.0 Å². The molecule has 10 heteroatoms. The van der Waals surface area contributed by atoms with E-state index in [1.165, 1.54) is 38.4 Å². The summed E-state index contributed by atoms with van der Waals surface area (Å²) < 4.78 is 77.7. The van der Waals surface area contributed by atoms with Gasteiger partial charge in [0.15, 0.2) is 0 Å². The number of benzene rings is 2. The van der Waals surface area contributed by atoms with Gasteiger partial charge in [0.1, 0.15) is 0 Å². The number of nitrogens with zero attached hydrogens (tertiary/aromatic N) is 2. The first-order valence-electron chi connectivity index (χ1n) is 12.0. The molecule has 38 heavy (non-hydrogen) atoms. The number of alkyl halides is 6. The second kappa shape index (κ2) is 14.8. The summed E-state index contributed by atoms with van der Waals surface area (Å²) in [6.45, 7) is 11.8. The molecule has 4 unspecified atom stereocenters. The minimum atomic E-state index is -4.52. The predicted octanol–water partition coefficient (Wildman–Crippen LogP) is 8.83. The SMILES string of the molecule is C[C-]1C(C)C(C)C(C)C1C.C[N-][C@H](c1cccc(C(F)(F)F)c1)[C@H]([N-]C)c1cccc(C(F)(F)F)c1.O.[Ir+3]. The Bertz CT molecular complexity index is 876. The van der Waals surface area contributed by atoms with Crippen molar-refractivity contribution < 1.29 is 51.9 Å². The number of rotatable bonds is 5. The Morgan fingerprint density at radius 1 is 0.684 bits per heavy atom. The van der Waals surface area contributed by atoms with Crippen molar-refractivity contribution in [2.45, 2.75) is 59.1 Å². The van der Waals surface area contributed by atoms with Crippen molar-refractivity contribution in [1.29, 1.82) is 0 Å². The average Bonchev–Trinajstić information content (AvgIpc) is 2.99. The molecule has 2 N–H and O–H groups in total. The van der Waals surface area contributed by atoms with Crippen LogP contribution < -0.4 is 0 Å². The molecule has 1 aliphatic rings. The second-order valence-electron chi connectivity index (χ2n) is 9.69. The van der Waals surface area contributed by atoms with E-state index in [0.717, 1.165) is 47.9 Å². The van der Waals surface area contributed by atoms with Gasteiger partial charge in [0.05, 0.1) is 11.1 Å². The van der Waals surface area contributed by atoms with E-state index in [9.17, 15) is 26.3 Å². The van der Waals surface area contributed by atoms with Crippen LogP contribution in [0.2, 0.25) is 0 Å². The maximum atomic E-state index is 12.9. The summed E-state index contributed by atoms with van der Waals surface area (Å²) in [4.78, 5) is 0.